The van der Waals surface area contributed by atoms with Gasteiger partial charge in [0.2, 0.25) is 0 Å². The highest BCUT2D eigenvalue weighted by Crippen LogP contribution is 2.31. The molecule has 45 heavy (non-hydrogen) atoms. The monoisotopic (exact) mass is 616 g/mol. The number of para-hydroxylation sites is 2. The van der Waals surface area contributed by atoms with Crippen molar-refractivity contribution in [2.24, 2.45) is 0 Å². The van der Waals surface area contributed by atoms with Crippen LogP contribution < -0.4 is 30.5 Å². The third-order valence-electron chi connectivity index (χ3n) is 7.81. The van der Waals surface area contributed by atoms with Crippen molar-refractivity contribution in [2.45, 2.75) is 20.8 Å². The van der Waals surface area contributed by atoms with E-state index in [1.165, 1.54) is 0 Å². The molecule has 0 aliphatic carbocycles. The minimum atomic E-state index is -0.468. The van der Waals surface area contributed by atoms with Crippen LogP contribution in [0.15, 0.2) is 66.7 Å². The molecule has 11 heteroatoms. The summed E-state index contributed by atoms with van der Waals surface area (Å²) in [5.41, 5.74) is 3.77. The fraction of sp³-hybridized carbons (Fsp3) is 0.382. The van der Waals surface area contributed by atoms with Crippen molar-refractivity contribution < 1.29 is 23.9 Å². The van der Waals surface area contributed by atoms with Crippen LogP contribution in [-0.4, -0.2) is 88.9 Å². The van der Waals surface area contributed by atoms with Crippen LogP contribution in [0.25, 0.3) is 0 Å². The Kier molecular flexibility index (Phi) is 12.0. The molecule has 1 fully saturated rings. The van der Waals surface area contributed by atoms with Crippen LogP contribution in [0.1, 0.15) is 41.5 Å². The first-order valence-corrected chi connectivity index (χ1v) is 15.5. The first-order valence-electron chi connectivity index (χ1n) is 15.5. The van der Waals surface area contributed by atoms with E-state index < -0.39 is 12.0 Å². The van der Waals surface area contributed by atoms with Gasteiger partial charge in [0.25, 0.3) is 5.91 Å². The molecule has 0 radical (unpaired) electrons. The Labute approximate surface area is 265 Å². The van der Waals surface area contributed by atoms with Crippen molar-refractivity contribution in [2.75, 3.05) is 86.5 Å². The zero-order valence-corrected chi connectivity index (χ0v) is 26.6. The first-order chi connectivity index (χ1) is 21.9. The number of nitrogens with one attached hydrogen (secondary N) is 3. The highest BCUT2D eigenvalue weighted by molar-refractivity contribution is 6.04. The zero-order valence-electron chi connectivity index (χ0n) is 26.6. The largest absolute Gasteiger partial charge is 0.495 e. The van der Waals surface area contributed by atoms with Crippen LogP contribution in [0, 0.1) is 0 Å². The number of rotatable bonds is 13. The van der Waals surface area contributed by atoms with Crippen molar-refractivity contribution >= 4 is 40.7 Å². The summed E-state index contributed by atoms with van der Waals surface area (Å²) in [6.45, 7) is 12.3. The smallest absolute Gasteiger partial charge is 0.338 e. The van der Waals surface area contributed by atoms with Crippen molar-refractivity contribution in [3.05, 3.63) is 77.9 Å². The maximum atomic E-state index is 13.5. The van der Waals surface area contributed by atoms with Crippen LogP contribution in [0.4, 0.5) is 27.5 Å². The topological polar surface area (TPSA) is 115 Å². The SMILES string of the molecule is CCOC(=O)c1ccc(NC(=O)Nc2ccc(N3CCN(c4ccccc4OC)CC3)c(C(=O)NCCN(CC)CC)c2)cc1. The molecule has 3 N–H and O–H groups in total. The van der Waals surface area contributed by atoms with Crippen molar-refractivity contribution in [1.82, 2.24) is 10.2 Å². The maximum absolute atomic E-state index is 13.5. The number of piperazine rings is 1. The molecule has 1 aliphatic rings. The van der Waals surface area contributed by atoms with Gasteiger partial charge in [0.1, 0.15) is 5.75 Å². The molecule has 0 unspecified atom stereocenters. The summed E-state index contributed by atoms with van der Waals surface area (Å²) in [7, 11) is 1.68. The van der Waals surface area contributed by atoms with Crippen LogP contribution >= 0.6 is 0 Å². The second-order valence-corrected chi connectivity index (χ2v) is 10.5. The van der Waals surface area contributed by atoms with Gasteiger partial charge in [-0.25, -0.2) is 9.59 Å². The summed E-state index contributed by atoms with van der Waals surface area (Å²) in [4.78, 5) is 45.1. The second kappa shape index (κ2) is 16.3. The highest BCUT2D eigenvalue weighted by Gasteiger charge is 2.24. The van der Waals surface area contributed by atoms with E-state index in [1.807, 2.05) is 24.3 Å². The minimum Gasteiger partial charge on any atom is -0.495 e. The van der Waals surface area contributed by atoms with Gasteiger partial charge in [-0.05, 0) is 74.6 Å². The van der Waals surface area contributed by atoms with Crippen LogP contribution in [0.2, 0.25) is 0 Å². The number of likely N-dealkylation sites (N-methyl/N-ethyl adjacent to an activating group) is 1. The lowest BCUT2D eigenvalue weighted by atomic mass is 10.1. The van der Waals surface area contributed by atoms with Crippen LogP contribution in [0.5, 0.6) is 5.75 Å². The predicted molar refractivity (Wildman–Crippen MR) is 179 cm³/mol. The zero-order chi connectivity index (χ0) is 32.2. The average molecular weight is 617 g/mol. The number of benzene rings is 3. The molecule has 0 spiro atoms. The maximum Gasteiger partial charge on any atom is 0.338 e. The van der Waals surface area contributed by atoms with E-state index in [0.29, 0.717) is 42.1 Å². The highest BCUT2D eigenvalue weighted by atomic mass is 16.5. The molecule has 0 saturated carbocycles. The number of esters is 1. The molecule has 3 aromatic rings. The average Bonchev–Trinajstić information content (AvgIpc) is 3.07. The van der Waals surface area contributed by atoms with E-state index in [2.05, 4.69) is 50.6 Å². The van der Waals surface area contributed by atoms with Crippen molar-refractivity contribution in [3.8, 4) is 5.75 Å². The van der Waals surface area contributed by atoms with Gasteiger partial charge in [-0.3, -0.25) is 4.79 Å². The number of carbonyl (C=O) groups excluding carboxylic acids is 3. The second-order valence-electron chi connectivity index (χ2n) is 10.5. The Balaban J connectivity index is 1.47. The van der Waals surface area contributed by atoms with E-state index in [-0.39, 0.29) is 12.5 Å². The third kappa shape index (κ3) is 8.89. The number of methoxy groups -OCH3 is 1. The summed E-state index contributed by atoms with van der Waals surface area (Å²) in [5, 5.41) is 8.68. The molecule has 0 aromatic heterocycles. The van der Waals surface area contributed by atoms with Crippen molar-refractivity contribution in [1.29, 1.82) is 0 Å². The Morgan fingerprint density at radius 2 is 1.42 bits per heavy atom. The quantitative estimate of drug-likeness (QED) is 0.232. The molecule has 1 saturated heterocycles. The predicted octanol–water partition coefficient (Wildman–Crippen LogP) is 4.91. The molecular weight excluding hydrogens is 572 g/mol. The number of carbonyl (C=O) groups is 3. The van der Waals surface area contributed by atoms with E-state index in [9.17, 15) is 14.4 Å². The molecule has 1 aliphatic heterocycles. The van der Waals surface area contributed by atoms with Gasteiger partial charge in [0.05, 0.1) is 30.5 Å². The summed E-state index contributed by atoms with van der Waals surface area (Å²) < 4.78 is 10.6. The number of hydrogen-bond donors (Lipinski definition) is 3. The van der Waals surface area contributed by atoms with Gasteiger partial charge in [-0.15, -0.1) is 0 Å². The summed E-state index contributed by atoms with van der Waals surface area (Å²) >= 11 is 0. The van der Waals surface area contributed by atoms with E-state index in [1.54, 1.807) is 50.4 Å². The Bertz CT molecular complexity index is 1440. The number of anilines is 4. The molecule has 4 rings (SSSR count). The summed E-state index contributed by atoms with van der Waals surface area (Å²) in [6, 6.07) is 19.4. The normalized spacial score (nSPS) is 12.9. The number of hydrogen-bond acceptors (Lipinski definition) is 8. The molecule has 240 valence electrons. The van der Waals surface area contributed by atoms with Gasteiger partial charge in [-0.1, -0.05) is 26.0 Å². The lowest BCUT2D eigenvalue weighted by Gasteiger charge is -2.38. The molecule has 0 atom stereocenters. The Morgan fingerprint density at radius 3 is 2.07 bits per heavy atom. The fourth-order valence-corrected chi connectivity index (χ4v) is 5.31. The van der Waals surface area contributed by atoms with Gasteiger partial charge in [0.15, 0.2) is 0 Å². The first kappa shape index (κ1) is 33.1. The number of urea groups is 1. The van der Waals surface area contributed by atoms with Gasteiger partial charge >= 0.3 is 12.0 Å². The lowest BCUT2D eigenvalue weighted by molar-refractivity contribution is 0.0526. The van der Waals surface area contributed by atoms with E-state index in [0.717, 1.165) is 49.8 Å². The lowest BCUT2D eigenvalue weighted by Crippen LogP contribution is -2.47. The molecule has 11 nitrogen and oxygen atoms in total. The molecule has 0 bridgehead atoms. The third-order valence-corrected chi connectivity index (χ3v) is 7.81. The summed E-state index contributed by atoms with van der Waals surface area (Å²) in [6.07, 6.45) is 0. The molecule has 1 heterocycles. The fourth-order valence-electron chi connectivity index (χ4n) is 5.31. The number of ether oxygens (including phenoxy) is 2. The van der Waals surface area contributed by atoms with E-state index in [4.69, 9.17) is 9.47 Å². The summed E-state index contributed by atoms with van der Waals surface area (Å²) in [5.74, 6) is 0.225. The standard InChI is InChI=1S/C34H44N6O5/c1-5-38(6-2)19-18-35-32(41)28-24-27(37-34(43)36-26-14-12-25(13-15-26)33(42)45-7-3)16-17-29(28)39-20-22-40(23-21-39)30-10-8-9-11-31(30)44-4/h8-17,24H,5-7,18-23H2,1-4H3,(H,35,41)(H2,36,37,43). The van der Waals surface area contributed by atoms with Crippen LogP contribution in [-0.2, 0) is 4.74 Å². The van der Waals surface area contributed by atoms with E-state index >= 15 is 0 Å². The Morgan fingerprint density at radius 1 is 0.800 bits per heavy atom. The molecule has 3 amide bonds. The van der Waals surface area contributed by atoms with Gasteiger partial charge in [0, 0.05) is 56.3 Å². The van der Waals surface area contributed by atoms with Gasteiger partial charge < -0.3 is 40.1 Å². The van der Waals surface area contributed by atoms with Gasteiger partial charge in [-0.2, -0.15) is 0 Å². The van der Waals surface area contributed by atoms with Crippen LogP contribution in [0.3, 0.4) is 0 Å². The van der Waals surface area contributed by atoms with Crippen molar-refractivity contribution in [3.63, 3.8) is 0 Å². The molecular formula is C34H44N6O5. The number of nitrogens with zero attached hydrogens (tertiary/aromatic N) is 3. The number of amides is 3. The minimum absolute atomic E-state index is 0.192. The Hall–Kier alpha value is -4.77. The molecule has 3 aromatic carbocycles.